The lowest BCUT2D eigenvalue weighted by Gasteiger charge is -2.24. The number of carbonyl (C=O) groups is 2. The highest BCUT2D eigenvalue weighted by molar-refractivity contribution is 7.11. The van der Waals surface area contributed by atoms with Crippen LogP contribution < -0.4 is 4.90 Å². The predicted molar refractivity (Wildman–Crippen MR) is 118 cm³/mol. The molecule has 0 unspecified atom stereocenters. The van der Waals surface area contributed by atoms with Crippen molar-refractivity contribution in [3.8, 4) is 0 Å². The molecule has 0 bridgehead atoms. The zero-order chi connectivity index (χ0) is 20.4. The van der Waals surface area contributed by atoms with Crippen molar-refractivity contribution in [3.63, 3.8) is 0 Å². The van der Waals surface area contributed by atoms with Gasteiger partial charge in [-0.15, -0.1) is 11.3 Å². The molecule has 0 fully saturated rings. The number of hydrogen-bond donors (Lipinski definition) is 0. The Hall–Kier alpha value is -2.89. The first-order valence-corrected chi connectivity index (χ1v) is 10.6. The highest BCUT2D eigenvalue weighted by Crippen LogP contribution is 2.37. The molecule has 29 heavy (non-hydrogen) atoms. The van der Waals surface area contributed by atoms with Crippen LogP contribution >= 0.6 is 22.9 Å². The zero-order valence-corrected chi connectivity index (χ0v) is 17.4. The summed E-state index contributed by atoms with van der Waals surface area (Å²) in [6.07, 6.45) is 0. The molecule has 6 heteroatoms. The number of para-hydroxylation sites is 1. The monoisotopic (exact) mass is 422 g/mol. The second kappa shape index (κ2) is 8.23. The van der Waals surface area contributed by atoms with Gasteiger partial charge in [0.25, 0.3) is 11.8 Å². The normalized spacial score (nSPS) is 14.1. The highest BCUT2D eigenvalue weighted by atomic mass is 35.5. The first-order valence-electron chi connectivity index (χ1n) is 9.32. The second-order valence-corrected chi connectivity index (χ2v) is 7.92. The van der Waals surface area contributed by atoms with Crippen LogP contribution in [0.3, 0.4) is 0 Å². The number of likely N-dealkylation sites (N-methyl/N-ethyl adjacent to an activating group) is 1. The molecule has 3 aromatic rings. The highest BCUT2D eigenvalue weighted by Gasteiger charge is 2.42. The number of amides is 2. The fourth-order valence-electron chi connectivity index (χ4n) is 3.47. The molecular formula is C23H19ClN2O2S. The SMILES string of the molecule is CCN(C1=C(c2cccs2)C(=O)N(Cc2ccccc2Cl)C1=O)c1ccccc1. The first-order chi connectivity index (χ1) is 14.1. The summed E-state index contributed by atoms with van der Waals surface area (Å²) in [6.45, 7) is 2.68. The van der Waals surface area contributed by atoms with Crippen LogP contribution in [-0.4, -0.2) is 23.3 Å². The summed E-state index contributed by atoms with van der Waals surface area (Å²) in [5, 5.41) is 2.45. The fourth-order valence-corrected chi connectivity index (χ4v) is 4.43. The molecule has 0 radical (unpaired) electrons. The van der Waals surface area contributed by atoms with Gasteiger partial charge in [-0.1, -0.05) is 54.1 Å². The van der Waals surface area contributed by atoms with Crippen LogP contribution in [-0.2, 0) is 16.1 Å². The summed E-state index contributed by atoms with van der Waals surface area (Å²) in [5.41, 5.74) is 2.48. The minimum atomic E-state index is -0.302. The van der Waals surface area contributed by atoms with Crippen molar-refractivity contribution >= 4 is 46.0 Å². The van der Waals surface area contributed by atoms with Crippen molar-refractivity contribution in [2.45, 2.75) is 13.5 Å². The van der Waals surface area contributed by atoms with Gasteiger partial charge in [0.1, 0.15) is 5.70 Å². The first kappa shape index (κ1) is 19.4. The van der Waals surface area contributed by atoms with E-state index in [1.807, 2.05) is 77.9 Å². The van der Waals surface area contributed by atoms with Crippen LogP contribution in [0.4, 0.5) is 5.69 Å². The number of thiophene rings is 1. The largest absolute Gasteiger partial charge is 0.337 e. The summed E-state index contributed by atoms with van der Waals surface area (Å²) in [5.74, 6) is -0.592. The van der Waals surface area contributed by atoms with Crippen LogP contribution in [0, 0.1) is 0 Å². The van der Waals surface area contributed by atoms with E-state index in [1.165, 1.54) is 16.2 Å². The summed E-state index contributed by atoms with van der Waals surface area (Å²) >= 11 is 7.74. The summed E-state index contributed by atoms with van der Waals surface area (Å²) in [7, 11) is 0. The van der Waals surface area contributed by atoms with Crippen LogP contribution in [0.1, 0.15) is 17.4 Å². The van der Waals surface area contributed by atoms with Crippen LogP contribution in [0.25, 0.3) is 5.57 Å². The quantitative estimate of drug-likeness (QED) is 0.512. The van der Waals surface area contributed by atoms with Gasteiger partial charge in [-0.2, -0.15) is 0 Å². The Morgan fingerprint density at radius 3 is 2.31 bits per heavy atom. The number of nitrogens with zero attached hydrogens (tertiary/aromatic N) is 2. The minimum Gasteiger partial charge on any atom is -0.337 e. The van der Waals surface area contributed by atoms with Crippen LogP contribution in [0.15, 0.2) is 77.8 Å². The molecule has 0 atom stereocenters. The van der Waals surface area contributed by atoms with E-state index < -0.39 is 0 Å². The average Bonchev–Trinajstić information content (AvgIpc) is 3.34. The number of halogens is 1. The average molecular weight is 423 g/mol. The smallest absolute Gasteiger partial charge is 0.278 e. The molecule has 0 saturated heterocycles. The van der Waals surface area contributed by atoms with Gasteiger partial charge in [0.15, 0.2) is 0 Å². The molecule has 2 aromatic carbocycles. The Morgan fingerprint density at radius 1 is 0.931 bits per heavy atom. The van der Waals surface area contributed by atoms with Gasteiger partial charge >= 0.3 is 0 Å². The molecule has 2 heterocycles. The standard InChI is InChI=1S/C23H19ClN2O2S/c1-2-25(17-10-4-3-5-11-17)21-20(19-13-8-14-29-19)22(27)26(23(21)28)15-16-9-6-7-12-18(16)24/h3-14H,2,15H2,1H3. The number of benzene rings is 2. The molecule has 1 aromatic heterocycles. The van der Waals surface area contributed by atoms with Crippen molar-refractivity contribution in [2.24, 2.45) is 0 Å². The molecule has 0 N–H and O–H groups in total. The Bertz CT molecular complexity index is 1080. The van der Waals surface area contributed by atoms with E-state index in [9.17, 15) is 9.59 Å². The van der Waals surface area contributed by atoms with Gasteiger partial charge in [0, 0.05) is 22.1 Å². The molecular weight excluding hydrogens is 404 g/mol. The van der Waals surface area contributed by atoms with Crippen LogP contribution in [0.2, 0.25) is 5.02 Å². The molecule has 0 saturated carbocycles. The number of carbonyl (C=O) groups excluding carboxylic acids is 2. The van der Waals surface area contributed by atoms with E-state index >= 15 is 0 Å². The fraction of sp³-hybridized carbons (Fsp3) is 0.130. The van der Waals surface area contributed by atoms with Crippen molar-refractivity contribution in [1.82, 2.24) is 4.90 Å². The van der Waals surface area contributed by atoms with E-state index in [2.05, 4.69) is 0 Å². The van der Waals surface area contributed by atoms with E-state index in [-0.39, 0.29) is 18.4 Å². The van der Waals surface area contributed by atoms with Crippen molar-refractivity contribution in [3.05, 3.63) is 93.3 Å². The maximum atomic E-state index is 13.5. The molecule has 2 amide bonds. The Balaban J connectivity index is 1.80. The summed E-state index contributed by atoms with van der Waals surface area (Å²) in [6, 6.07) is 20.7. The lowest BCUT2D eigenvalue weighted by Crippen LogP contribution is -2.35. The van der Waals surface area contributed by atoms with Gasteiger partial charge in [-0.25, -0.2) is 0 Å². The van der Waals surface area contributed by atoms with Crippen LogP contribution in [0.5, 0.6) is 0 Å². The molecule has 4 nitrogen and oxygen atoms in total. The minimum absolute atomic E-state index is 0.141. The zero-order valence-electron chi connectivity index (χ0n) is 15.8. The predicted octanol–water partition coefficient (Wildman–Crippen LogP) is 5.21. The molecule has 4 rings (SSSR count). The maximum Gasteiger partial charge on any atom is 0.278 e. The van der Waals surface area contributed by atoms with Gasteiger partial charge in [-0.3, -0.25) is 14.5 Å². The lowest BCUT2D eigenvalue weighted by molar-refractivity contribution is -0.137. The Morgan fingerprint density at radius 2 is 1.66 bits per heavy atom. The molecule has 1 aliphatic heterocycles. The topological polar surface area (TPSA) is 40.6 Å². The number of rotatable bonds is 6. The summed E-state index contributed by atoms with van der Waals surface area (Å²) in [4.78, 5) is 30.8. The van der Waals surface area contributed by atoms with Crippen molar-refractivity contribution in [1.29, 1.82) is 0 Å². The van der Waals surface area contributed by atoms with E-state index in [0.29, 0.717) is 22.8 Å². The van der Waals surface area contributed by atoms with E-state index in [0.717, 1.165) is 16.1 Å². The van der Waals surface area contributed by atoms with E-state index in [1.54, 1.807) is 6.07 Å². The molecule has 0 aliphatic carbocycles. The third-order valence-electron chi connectivity index (χ3n) is 4.85. The summed E-state index contributed by atoms with van der Waals surface area (Å²) < 4.78 is 0. The second-order valence-electron chi connectivity index (χ2n) is 6.57. The molecule has 0 spiro atoms. The van der Waals surface area contributed by atoms with Gasteiger partial charge in [-0.05, 0) is 42.1 Å². The number of anilines is 1. The van der Waals surface area contributed by atoms with Gasteiger partial charge in [0.2, 0.25) is 0 Å². The number of imide groups is 1. The third-order valence-corrected chi connectivity index (χ3v) is 6.11. The van der Waals surface area contributed by atoms with E-state index in [4.69, 9.17) is 11.6 Å². The third kappa shape index (κ3) is 3.59. The lowest BCUT2D eigenvalue weighted by atomic mass is 10.1. The molecule has 1 aliphatic rings. The van der Waals surface area contributed by atoms with Crippen molar-refractivity contribution in [2.75, 3.05) is 11.4 Å². The number of hydrogen-bond acceptors (Lipinski definition) is 4. The Labute approximate surface area is 178 Å². The van der Waals surface area contributed by atoms with Gasteiger partial charge < -0.3 is 4.90 Å². The van der Waals surface area contributed by atoms with Crippen molar-refractivity contribution < 1.29 is 9.59 Å². The molecule has 146 valence electrons. The van der Waals surface area contributed by atoms with Gasteiger partial charge in [0.05, 0.1) is 12.1 Å². The maximum absolute atomic E-state index is 13.5. The Kier molecular flexibility index (Phi) is 5.51.